The summed E-state index contributed by atoms with van der Waals surface area (Å²) >= 11 is 3.52. The third kappa shape index (κ3) is 3.90. The standard InChI is InChI=1S/C16H24BrNO3/c1-4-18-16(11-5-7-21-8-6-11)12-9-15(20-3)13(17)10-14(12)19-2/h9-11,16,18H,4-8H2,1-3H3. The van der Waals surface area contributed by atoms with Gasteiger partial charge in [0.25, 0.3) is 0 Å². The van der Waals surface area contributed by atoms with Crippen LogP contribution in [0.15, 0.2) is 16.6 Å². The average molecular weight is 358 g/mol. The lowest BCUT2D eigenvalue weighted by Crippen LogP contribution is -2.32. The zero-order valence-corrected chi connectivity index (χ0v) is 14.5. The molecule has 1 fully saturated rings. The highest BCUT2D eigenvalue weighted by Gasteiger charge is 2.28. The lowest BCUT2D eigenvalue weighted by Gasteiger charge is -2.32. The summed E-state index contributed by atoms with van der Waals surface area (Å²) in [6.07, 6.45) is 2.14. The maximum atomic E-state index is 5.59. The molecule has 1 saturated heterocycles. The minimum absolute atomic E-state index is 0.260. The van der Waals surface area contributed by atoms with E-state index in [-0.39, 0.29) is 6.04 Å². The Hall–Kier alpha value is -0.780. The van der Waals surface area contributed by atoms with Gasteiger partial charge in [-0.25, -0.2) is 0 Å². The van der Waals surface area contributed by atoms with Crippen molar-refractivity contribution in [1.29, 1.82) is 0 Å². The molecule has 1 N–H and O–H groups in total. The smallest absolute Gasteiger partial charge is 0.133 e. The molecule has 0 spiro atoms. The van der Waals surface area contributed by atoms with Crippen molar-refractivity contribution >= 4 is 15.9 Å². The predicted molar refractivity (Wildman–Crippen MR) is 87.2 cm³/mol. The van der Waals surface area contributed by atoms with Crippen molar-refractivity contribution in [2.75, 3.05) is 34.0 Å². The van der Waals surface area contributed by atoms with Crippen LogP contribution in [0.4, 0.5) is 0 Å². The van der Waals surface area contributed by atoms with Crippen LogP contribution >= 0.6 is 15.9 Å². The third-order valence-electron chi connectivity index (χ3n) is 4.00. The Morgan fingerprint density at radius 3 is 2.48 bits per heavy atom. The summed E-state index contributed by atoms with van der Waals surface area (Å²) in [5.41, 5.74) is 1.16. The maximum Gasteiger partial charge on any atom is 0.133 e. The van der Waals surface area contributed by atoms with Gasteiger partial charge in [-0.1, -0.05) is 6.92 Å². The SMILES string of the molecule is CCNC(c1cc(OC)c(Br)cc1OC)C1CCOCC1. The first kappa shape index (κ1) is 16.6. The summed E-state index contributed by atoms with van der Waals surface area (Å²) in [6.45, 7) is 4.73. The first-order valence-electron chi connectivity index (χ1n) is 7.43. The fraction of sp³-hybridized carbons (Fsp3) is 0.625. The van der Waals surface area contributed by atoms with Crippen molar-refractivity contribution in [3.8, 4) is 11.5 Å². The molecule has 0 aromatic heterocycles. The lowest BCUT2D eigenvalue weighted by atomic mass is 9.86. The van der Waals surface area contributed by atoms with Crippen LogP contribution in [0.25, 0.3) is 0 Å². The fourth-order valence-corrected chi connectivity index (χ4v) is 3.41. The largest absolute Gasteiger partial charge is 0.496 e. The van der Waals surface area contributed by atoms with Gasteiger partial charge in [0, 0.05) is 24.8 Å². The van der Waals surface area contributed by atoms with Crippen molar-refractivity contribution in [2.24, 2.45) is 5.92 Å². The molecule has 4 nitrogen and oxygen atoms in total. The summed E-state index contributed by atoms with van der Waals surface area (Å²) in [7, 11) is 3.40. The van der Waals surface area contributed by atoms with Crippen LogP contribution < -0.4 is 14.8 Å². The zero-order valence-electron chi connectivity index (χ0n) is 12.9. The molecule has 0 amide bonds. The highest BCUT2D eigenvalue weighted by atomic mass is 79.9. The molecule has 0 aliphatic carbocycles. The van der Waals surface area contributed by atoms with Crippen molar-refractivity contribution < 1.29 is 14.2 Å². The molecule has 2 rings (SSSR count). The molecule has 5 heteroatoms. The number of nitrogens with one attached hydrogen (secondary N) is 1. The van der Waals surface area contributed by atoms with Crippen molar-refractivity contribution in [2.45, 2.75) is 25.8 Å². The van der Waals surface area contributed by atoms with Gasteiger partial charge in [-0.3, -0.25) is 0 Å². The quantitative estimate of drug-likeness (QED) is 0.844. The second kappa shape index (κ2) is 8.01. The van der Waals surface area contributed by atoms with E-state index in [0.717, 1.165) is 54.1 Å². The first-order chi connectivity index (χ1) is 10.2. The number of benzene rings is 1. The highest BCUT2D eigenvalue weighted by molar-refractivity contribution is 9.10. The molecule has 1 atom stereocenters. The van der Waals surface area contributed by atoms with Crippen molar-refractivity contribution in [3.63, 3.8) is 0 Å². The summed E-state index contributed by atoms with van der Waals surface area (Å²) in [5.74, 6) is 2.28. The van der Waals surface area contributed by atoms with Crippen LogP contribution in [0, 0.1) is 5.92 Å². The van der Waals surface area contributed by atoms with Crippen LogP contribution in [0.3, 0.4) is 0 Å². The van der Waals surface area contributed by atoms with Crippen LogP contribution in [0.5, 0.6) is 11.5 Å². The van der Waals surface area contributed by atoms with Crippen LogP contribution in [-0.2, 0) is 4.74 Å². The van der Waals surface area contributed by atoms with Crippen molar-refractivity contribution in [3.05, 3.63) is 22.2 Å². The van der Waals surface area contributed by atoms with Gasteiger partial charge in [0.1, 0.15) is 11.5 Å². The molecule has 1 heterocycles. The molecule has 118 valence electrons. The van der Waals surface area contributed by atoms with Crippen LogP contribution in [0.2, 0.25) is 0 Å². The molecule has 0 bridgehead atoms. The topological polar surface area (TPSA) is 39.7 Å². The van der Waals surface area contributed by atoms with E-state index in [1.165, 1.54) is 0 Å². The van der Waals surface area contributed by atoms with E-state index in [4.69, 9.17) is 14.2 Å². The van der Waals surface area contributed by atoms with Gasteiger partial charge in [-0.05, 0) is 53.4 Å². The highest BCUT2D eigenvalue weighted by Crippen LogP contribution is 2.40. The summed E-state index contributed by atoms with van der Waals surface area (Å²) < 4.78 is 17.4. The first-order valence-corrected chi connectivity index (χ1v) is 8.23. The molecule has 1 aliphatic rings. The summed E-state index contributed by atoms with van der Waals surface area (Å²) in [4.78, 5) is 0. The number of hydrogen-bond acceptors (Lipinski definition) is 4. The molecule has 1 aromatic rings. The van der Waals surface area contributed by atoms with Gasteiger partial charge in [0.2, 0.25) is 0 Å². The number of rotatable bonds is 6. The van der Waals surface area contributed by atoms with Gasteiger partial charge in [0.15, 0.2) is 0 Å². The van der Waals surface area contributed by atoms with Crippen molar-refractivity contribution in [1.82, 2.24) is 5.32 Å². The van der Waals surface area contributed by atoms with E-state index in [9.17, 15) is 0 Å². The molecule has 1 unspecified atom stereocenters. The zero-order chi connectivity index (χ0) is 15.2. The molecule has 0 radical (unpaired) electrons. The number of methoxy groups -OCH3 is 2. The van der Waals surface area contributed by atoms with E-state index < -0.39 is 0 Å². The Bertz CT molecular complexity index is 461. The summed E-state index contributed by atoms with van der Waals surface area (Å²) in [5, 5.41) is 3.61. The number of halogens is 1. The van der Waals surface area contributed by atoms with E-state index in [1.54, 1.807) is 14.2 Å². The average Bonchev–Trinajstić information content (AvgIpc) is 2.53. The molecule has 0 saturated carbocycles. The maximum absolute atomic E-state index is 5.59. The fourth-order valence-electron chi connectivity index (χ4n) is 2.93. The van der Waals surface area contributed by atoms with Gasteiger partial charge >= 0.3 is 0 Å². The van der Waals surface area contributed by atoms with Gasteiger partial charge in [-0.2, -0.15) is 0 Å². The Kier molecular flexibility index (Phi) is 6.33. The van der Waals surface area contributed by atoms with E-state index in [2.05, 4.69) is 34.2 Å². The van der Waals surface area contributed by atoms with Crippen LogP contribution in [0.1, 0.15) is 31.4 Å². The Morgan fingerprint density at radius 2 is 1.90 bits per heavy atom. The molecule has 21 heavy (non-hydrogen) atoms. The predicted octanol–water partition coefficient (Wildman–Crippen LogP) is 3.54. The monoisotopic (exact) mass is 357 g/mol. The molecule has 1 aliphatic heterocycles. The van der Waals surface area contributed by atoms with E-state index in [1.807, 2.05) is 6.07 Å². The van der Waals surface area contributed by atoms with Gasteiger partial charge < -0.3 is 19.5 Å². The molecular weight excluding hydrogens is 334 g/mol. The van der Waals surface area contributed by atoms with E-state index in [0.29, 0.717) is 5.92 Å². The number of ether oxygens (including phenoxy) is 3. The normalized spacial score (nSPS) is 17.5. The van der Waals surface area contributed by atoms with Crippen LogP contribution in [-0.4, -0.2) is 34.0 Å². The second-order valence-corrected chi connectivity index (χ2v) is 6.07. The minimum atomic E-state index is 0.260. The Morgan fingerprint density at radius 1 is 1.24 bits per heavy atom. The van der Waals surface area contributed by atoms with E-state index >= 15 is 0 Å². The molecule has 1 aromatic carbocycles. The Balaban J connectivity index is 2.37. The molecular formula is C16H24BrNO3. The summed E-state index contributed by atoms with van der Waals surface area (Å²) in [6, 6.07) is 4.32. The third-order valence-corrected chi connectivity index (χ3v) is 4.62. The second-order valence-electron chi connectivity index (χ2n) is 5.21. The van der Waals surface area contributed by atoms with Gasteiger partial charge in [0.05, 0.1) is 18.7 Å². The van der Waals surface area contributed by atoms with Gasteiger partial charge in [-0.15, -0.1) is 0 Å². The lowest BCUT2D eigenvalue weighted by molar-refractivity contribution is 0.0534. The minimum Gasteiger partial charge on any atom is -0.496 e. The Labute approximate surface area is 135 Å². The number of hydrogen-bond donors (Lipinski definition) is 1.